The lowest BCUT2D eigenvalue weighted by Crippen LogP contribution is -2.44. The van der Waals surface area contributed by atoms with Gasteiger partial charge in [0.15, 0.2) is 0 Å². The molecule has 1 amide bonds. The first-order valence-corrected chi connectivity index (χ1v) is 12.0. The topological polar surface area (TPSA) is 65.4 Å². The van der Waals surface area contributed by atoms with Gasteiger partial charge < -0.3 is 10.1 Å². The lowest BCUT2D eigenvalue weighted by Gasteiger charge is -2.29. The summed E-state index contributed by atoms with van der Waals surface area (Å²) >= 11 is 12.3. The Kier molecular flexibility index (Phi) is 8.04. The average Bonchev–Trinajstić information content (AvgIpc) is 3.23. The van der Waals surface area contributed by atoms with Crippen LogP contribution < -0.4 is 5.32 Å². The van der Waals surface area contributed by atoms with Gasteiger partial charge in [-0.1, -0.05) is 47.5 Å². The van der Waals surface area contributed by atoms with Gasteiger partial charge in [0.1, 0.15) is 5.82 Å². The fourth-order valence-electron chi connectivity index (χ4n) is 4.45. The van der Waals surface area contributed by atoms with Crippen LogP contribution in [0.1, 0.15) is 40.0 Å². The van der Waals surface area contributed by atoms with Gasteiger partial charge in [0, 0.05) is 29.7 Å². The summed E-state index contributed by atoms with van der Waals surface area (Å²) in [6, 6.07) is 20.5. The second kappa shape index (κ2) is 11.2. The minimum Gasteiger partial charge on any atom is -0.375 e. The van der Waals surface area contributed by atoms with E-state index in [0.29, 0.717) is 29.7 Å². The van der Waals surface area contributed by atoms with E-state index in [2.05, 4.69) is 10.2 Å². The van der Waals surface area contributed by atoms with Crippen molar-refractivity contribution < 1.29 is 13.9 Å². The number of benzene rings is 3. The molecule has 2 atom stereocenters. The largest absolute Gasteiger partial charge is 0.375 e. The van der Waals surface area contributed by atoms with E-state index in [0.717, 1.165) is 17.2 Å². The molecule has 35 heavy (non-hydrogen) atoms. The maximum Gasteiger partial charge on any atom is 0.254 e. The molecule has 4 rings (SSSR count). The van der Waals surface area contributed by atoms with E-state index < -0.39 is 11.7 Å². The highest BCUT2D eigenvalue weighted by Gasteiger charge is 2.39. The normalized spacial score (nSPS) is 17.9. The van der Waals surface area contributed by atoms with Crippen molar-refractivity contribution >= 4 is 29.1 Å². The number of carbonyl (C=O) groups excluding carboxylic acids is 1. The molecule has 1 aliphatic heterocycles. The first-order valence-electron chi connectivity index (χ1n) is 11.3. The number of ether oxygens (including phenoxy) is 1. The molecule has 0 aromatic heterocycles. The van der Waals surface area contributed by atoms with Gasteiger partial charge in [-0.3, -0.25) is 9.69 Å². The minimum atomic E-state index is -0.732. The smallest absolute Gasteiger partial charge is 0.254 e. The van der Waals surface area contributed by atoms with Gasteiger partial charge in [-0.15, -0.1) is 0 Å². The maximum absolute atomic E-state index is 14.4. The molecule has 1 N–H and O–H groups in total. The number of likely N-dealkylation sites (tertiary alicyclic amines) is 1. The van der Waals surface area contributed by atoms with Crippen molar-refractivity contribution in [2.45, 2.75) is 25.1 Å². The zero-order valence-electron chi connectivity index (χ0n) is 19.0. The summed E-state index contributed by atoms with van der Waals surface area (Å²) < 4.78 is 20.4. The average molecular weight is 512 g/mol. The number of halogens is 3. The van der Waals surface area contributed by atoms with E-state index in [4.69, 9.17) is 33.2 Å². The van der Waals surface area contributed by atoms with Crippen molar-refractivity contribution in [3.8, 4) is 6.07 Å². The van der Waals surface area contributed by atoms with Crippen LogP contribution in [0.15, 0.2) is 66.7 Å². The molecular formula is C27H24Cl2FN3O2. The molecule has 0 saturated carbocycles. The number of nitrogens with one attached hydrogen (secondary N) is 1. The number of hydrogen-bond acceptors (Lipinski definition) is 4. The Morgan fingerprint density at radius 3 is 2.20 bits per heavy atom. The number of rotatable bonds is 7. The SMILES string of the molecule is CCOC1CN(C(c2ccc(Cl)cc2)c2ccc(Cl)cc2)CC1NC(=O)c1ccc(C#N)cc1F. The molecule has 1 fully saturated rings. The third-order valence-corrected chi connectivity index (χ3v) is 6.58. The third-order valence-electron chi connectivity index (χ3n) is 6.07. The van der Waals surface area contributed by atoms with Crippen molar-refractivity contribution in [3.63, 3.8) is 0 Å². The Bertz CT molecular complexity index is 1180. The Hall–Kier alpha value is -2.95. The molecule has 1 heterocycles. The predicted octanol–water partition coefficient (Wildman–Crippen LogP) is 5.61. The quantitative estimate of drug-likeness (QED) is 0.447. The lowest BCUT2D eigenvalue weighted by atomic mass is 9.97. The number of nitrogens with zero attached hydrogens (tertiary/aromatic N) is 2. The molecule has 0 spiro atoms. The highest BCUT2D eigenvalue weighted by atomic mass is 35.5. The predicted molar refractivity (Wildman–Crippen MR) is 134 cm³/mol. The van der Waals surface area contributed by atoms with Crippen molar-refractivity contribution in [1.82, 2.24) is 10.2 Å². The molecular weight excluding hydrogens is 488 g/mol. The van der Waals surface area contributed by atoms with E-state index in [1.165, 1.54) is 12.1 Å². The zero-order valence-corrected chi connectivity index (χ0v) is 20.6. The number of carbonyl (C=O) groups is 1. The van der Waals surface area contributed by atoms with Crippen molar-refractivity contribution in [3.05, 3.63) is 105 Å². The molecule has 2 unspecified atom stereocenters. The van der Waals surface area contributed by atoms with Crippen LogP contribution in [-0.2, 0) is 4.74 Å². The van der Waals surface area contributed by atoms with Crippen LogP contribution >= 0.6 is 23.2 Å². The summed E-state index contributed by atoms with van der Waals surface area (Å²) in [6.07, 6.45) is -0.285. The van der Waals surface area contributed by atoms with Gasteiger partial charge in [0.05, 0.1) is 35.4 Å². The van der Waals surface area contributed by atoms with Crippen LogP contribution in [0.2, 0.25) is 10.0 Å². The number of amides is 1. The number of hydrogen-bond donors (Lipinski definition) is 1. The summed E-state index contributed by atoms with van der Waals surface area (Å²) in [7, 11) is 0. The van der Waals surface area contributed by atoms with Crippen LogP contribution in [0.25, 0.3) is 0 Å². The second-order valence-electron chi connectivity index (χ2n) is 8.34. The fourth-order valence-corrected chi connectivity index (χ4v) is 4.71. The Labute approximate surface area is 214 Å². The van der Waals surface area contributed by atoms with Crippen LogP contribution in [-0.4, -0.2) is 42.6 Å². The molecule has 8 heteroatoms. The van der Waals surface area contributed by atoms with Crippen molar-refractivity contribution in [2.75, 3.05) is 19.7 Å². The molecule has 5 nitrogen and oxygen atoms in total. The highest BCUT2D eigenvalue weighted by Crippen LogP contribution is 2.34. The van der Waals surface area contributed by atoms with Crippen LogP contribution in [0.4, 0.5) is 4.39 Å². The Morgan fingerprint density at radius 1 is 1.09 bits per heavy atom. The minimum absolute atomic E-state index is 0.107. The van der Waals surface area contributed by atoms with Crippen molar-refractivity contribution in [1.29, 1.82) is 5.26 Å². The highest BCUT2D eigenvalue weighted by molar-refractivity contribution is 6.30. The monoisotopic (exact) mass is 511 g/mol. The molecule has 0 aliphatic carbocycles. The lowest BCUT2D eigenvalue weighted by molar-refractivity contribution is 0.0489. The van der Waals surface area contributed by atoms with E-state index in [9.17, 15) is 9.18 Å². The van der Waals surface area contributed by atoms with Gasteiger partial charge in [-0.25, -0.2) is 4.39 Å². The standard InChI is InChI=1S/C27H24Cl2FN3O2/c1-2-35-25-16-33(15-24(25)32-27(34)22-12-3-17(14-31)13-23(22)30)26(18-4-8-20(28)9-5-18)19-6-10-21(29)11-7-19/h3-13,24-26H,2,15-16H2,1H3,(H,32,34). The van der Waals surface area contributed by atoms with E-state index >= 15 is 0 Å². The molecule has 3 aromatic rings. The zero-order chi connectivity index (χ0) is 24.9. The third kappa shape index (κ3) is 5.83. The fraction of sp³-hybridized carbons (Fsp3) is 0.259. The summed E-state index contributed by atoms with van der Waals surface area (Å²) in [6.45, 7) is 3.43. The van der Waals surface area contributed by atoms with Gasteiger partial charge >= 0.3 is 0 Å². The van der Waals surface area contributed by atoms with Crippen LogP contribution in [0, 0.1) is 17.1 Å². The second-order valence-corrected chi connectivity index (χ2v) is 9.21. The van der Waals surface area contributed by atoms with Gasteiger partial charge in [-0.2, -0.15) is 5.26 Å². The first-order chi connectivity index (χ1) is 16.9. The van der Waals surface area contributed by atoms with Crippen LogP contribution in [0.3, 0.4) is 0 Å². The summed E-state index contributed by atoms with van der Waals surface area (Å²) in [4.78, 5) is 15.2. The summed E-state index contributed by atoms with van der Waals surface area (Å²) in [5, 5.41) is 13.2. The Morgan fingerprint density at radius 2 is 1.69 bits per heavy atom. The van der Waals surface area contributed by atoms with Crippen molar-refractivity contribution in [2.24, 2.45) is 0 Å². The molecule has 3 aromatic carbocycles. The molecule has 1 aliphatic rings. The first kappa shape index (κ1) is 25.2. The van der Waals surface area contributed by atoms with E-state index in [1.54, 1.807) is 0 Å². The van der Waals surface area contributed by atoms with Crippen LogP contribution in [0.5, 0.6) is 0 Å². The molecule has 180 valence electrons. The molecule has 1 saturated heterocycles. The van der Waals surface area contributed by atoms with Gasteiger partial charge in [0.2, 0.25) is 0 Å². The summed E-state index contributed by atoms with van der Waals surface area (Å²) in [5.41, 5.74) is 2.13. The molecule has 0 bridgehead atoms. The molecule has 0 radical (unpaired) electrons. The number of nitriles is 1. The Balaban J connectivity index is 1.61. The summed E-state index contributed by atoms with van der Waals surface area (Å²) in [5.74, 6) is -1.28. The van der Waals surface area contributed by atoms with Gasteiger partial charge in [-0.05, 0) is 60.5 Å². The van der Waals surface area contributed by atoms with Gasteiger partial charge in [0.25, 0.3) is 5.91 Å². The van der Waals surface area contributed by atoms with E-state index in [-0.39, 0.29) is 29.3 Å². The van der Waals surface area contributed by atoms with E-state index in [1.807, 2.05) is 61.5 Å². The maximum atomic E-state index is 14.4.